The number of carbonyl (C=O) groups excluding carboxylic acids is 1. The van der Waals surface area contributed by atoms with Crippen molar-refractivity contribution in [1.82, 2.24) is 10.2 Å². The lowest BCUT2D eigenvalue weighted by Gasteiger charge is -2.35. The Balaban J connectivity index is 2.18. The third kappa shape index (κ3) is 2.56. The van der Waals surface area contributed by atoms with Gasteiger partial charge < -0.3 is 10.2 Å². The first-order valence-corrected chi connectivity index (χ1v) is 6.59. The quantitative estimate of drug-likeness (QED) is 0.861. The molecule has 1 aromatic rings. The summed E-state index contributed by atoms with van der Waals surface area (Å²) in [5.41, 5.74) is 1.88. The molecule has 0 atom stereocenters. The van der Waals surface area contributed by atoms with E-state index >= 15 is 0 Å². The number of piperazine rings is 1. The summed E-state index contributed by atoms with van der Waals surface area (Å²) >= 11 is 0. The summed E-state index contributed by atoms with van der Waals surface area (Å²) in [4.78, 5) is 14.6. The molecule has 0 bridgehead atoms. The average Bonchev–Trinajstić information content (AvgIpc) is 2.39. The number of benzene rings is 1. The van der Waals surface area contributed by atoms with Crippen LogP contribution in [0.3, 0.4) is 0 Å². The first kappa shape index (κ1) is 13.1. The first-order valence-electron chi connectivity index (χ1n) is 6.59. The summed E-state index contributed by atoms with van der Waals surface area (Å²) in [5, 5.41) is 3.27. The van der Waals surface area contributed by atoms with Crippen molar-refractivity contribution in [2.24, 2.45) is 0 Å². The zero-order valence-corrected chi connectivity index (χ0v) is 11.5. The maximum absolute atomic E-state index is 12.6. The summed E-state index contributed by atoms with van der Waals surface area (Å²) < 4.78 is 0. The summed E-state index contributed by atoms with van der Waals surface area (Å²) in [6.45, 7) is 9.52. The van der Waals surface area contributed by atoms with Gasteiger partial charge in [-0.1, -0.05) is 29.8 Å². The molecule has 1 aliphatic rings. The Hall–Kier alpha value is -1.35. The fraction of sp³-hybridized carbons (Fsp3) is 0.533. The van der Waals surface area contributed by atoms with Crippen LogP contribution in [-0.2, 0) is 10.2 Å². The molecule has 0 aliphatic carbocycles. The van der Waals surface area contributed by atoms with E-state index in [0.29, 0.717) is 0 Å². The molecule has 3 heteroatoms. The van der Waals surface area contributed by atoms with Crippen molar-refractivity contribution in [2.75, 3.05) is 26.2 Å². The van der Waals surface area contributed by atoms with Crippen LogP contribution >= 0.6 is 0 Å². The molecule has 1 aliphatic heterocycles. The molecule has 98 valence electrons. The molecule has 0 unspecified atom stereocenters. The van der Waals surface area contributed by atoms with E-state index in [1.54, 1.807) is 0 Å². The molecule has 1 aromatic carbocycles. The average molecular weight is 246 g/mol. The maximum Gasteiger partial charge on any atom is 0.232 e. The third-order valence-electron chi connectivity index (χ3n) is 3.71. The van der Waals surface area contributed by atoms with Crippen molar-refractivity contribution < 1.29 is 4.79 Å². The van der Waals surface area contributed by atoms with Gasteiger partial charge in [0.1, 0.15) is 0 Å². The van der Waals surface area contributed by atoms with Gasteiger partial charge in [-0.3, -0.25) is 4.79 Å². The minimum Gasteiger partial charge on any atom is -0.339 e. The topological polar surface area (TPSA) is 32.3 Å². The Labute approximate surface area is 109 Å². The molecule has 3 nitrogen and oxygen atoms in total. The van der Waals surface area contributed by atoms with Crippen LogP contribution in [0.2, 0.25) is 0 Å². The lowest BCUT2D eigenvalue weighted by molar-refractivity contribution is -0.136. The van der Waals surface area contributed by atoms with Crippen molar-refractivity contribution in [3.8, 4) is 0 Å². The SMILES string of the molecule is Cc1ccc(C(C)(C)C(=O)N2CCNCC2)cc1. The normalized spacial score (nSPS) is 16.7. The zero-order chi connectivity index (χ0) is 13.2. The van der Waals surface area contributed by atoms with Crippen molar-refractivity contribution in [3.05, 3.63) is 35.4 Å². The number of hydrogen-bond acceptors (Lipinski definition) is 2. The van der Waals surface area contributed by atoms with Crippen LogP contribution in [0, 0.1) is 6.92 Å². The van der Waals surface area contributed by atoms with Gasteiger partial charge >= 0.3 is 0 Å². The van der Waals surface area contributed by atoms with Gasteiger partial charge in [0.25, 0.3) is 0 Å². The molecule has 1 heterocycles. The standard InChI is InChI=1S/C15H22N2O/c1-12-4-6-13(7-5-12)15(2,3)14(18)17-10-8-16-9-11-17/h4-7,16H,8-11H2,1-3H3. The van der Waals surface area contributed by atoms with E-state index in [0.717, 1.165) is 31.7 Å². The summed E-state index contributed by atoms with van der Waals surface area (Å²) in [7, 11) is 0. The van der Waals surface area contributed by atoms with Gasteiger partial charge in [-0.15, -0.1) is 0 Å². The van der Waals surface area contributed by atoms with Gasteiger partial charge in [0.15, 0.2) is 0 Å². The molecule has 0 aromatic heterocycles. The molecular weight excluding hydrogens is 224 g/mol. The second-order valence-corrected chi connectivity index (χ2v) is 5.53. The van der Waals surface area contributed by atoms with Crippen molar-refractivity contribution in [3.63, 3.8) is 0 Å². The highest BCUT2D eigenvalue weighted by Crippen LogP contribution is 2.26. The number of carbonyl (C=O) groups is 1. The van der Waals surface area contributed by atoms with E-state index in [1.165, 1.54) is 5.56 Å². The third-order valence-corrected chi connectivity index (χ3v) is 3.71. The van der Waals surface area contributed by atoms with Gasteiger partial charge in [0.05, 0.1) is 5.41 Å². The van der Waals surface area contributed by atoms with Crippen LogP contribution in [0.1, 0.15) is 25.0 Å². The molecule has 1 fully saturated rings. The van der Waals surface area contributed by atoms with E-state index in [2.05, 4.69) is 36.5 Å². The van der Waals surface area contributed by atoms with E-state index < -0.39 is 5.41 Å². The molecular formula is C15H22N2O. The predicted octanol–water partition coefficient (Wildman–Crippen LogP) is 1.70. The highest BCUT2D eigenvalue weighted by molar-refractivity contribution is 5.87. The molecule has 2 rings (SSSR count). The van der Waals surface area contributed by atoms with Gasteiger partial charge in [0, 0.05) is 26.2 Å². The number of rotatable bonds is 2. The molecule has 0 saturated carbocycles. The van der Waals surface area contributed by atoms with Crippen LogP contribution in [0.15, 0.2) is 24.3 Å². The van der Waals surface area contributed by atoms with Gasteiger partial charge in [0.2, 0.25) is 5.91 Å². The number of hydrogen-bond donors (Lipinski definition) is 1. The van der Waals surface area contributed by atoms with E-state index in [-0.39, 0.29) is 5.91 Å². The zero-order valence-electron chi connectivity index (χ0n) is 11.5. The lowest BCUT2D eigenvalue weighted by atomic mass is 9.82. The highest BCUT2D eigenvalue weighted by atomic mass is 16.2. The monoisotopic (exact) mass is 246 g/mol. The Morgan fingerprint density at radius 2 is 1.72 bits per heavy atom. The fourth-order valence-corrected chi connectivity index (χ4v) is 2.36. The van der Waals surface area contributed by atoms with Gasteiger partial charge in [-0.2, -0.15) is 0 Å². The maximum atomic E-state index is 12.6. The lowest BCUT2D eigenvalue weighted by Crippen LogP contribution is -2.51. The van der Waals surface area contributed by atoms with E-state index in [1.807, 2.05) is 18.7 Å². The molecule has 18 heavy (non-hydrogen) atoms. The van der Waals surface area contributed by atoms with E-state index in [4.69, 9.17) is 0 Å². The molecule has 1 amide bonds. The fourth-order valence-electron chi connectivity index (χ4n) is 2.36. The van der Waals surface area contributed by atoms with Crippen molar-refractivity contribution in [1.29, 1.82) is 0 Å². The molecule has 0 radical (unpaired) electrons. The minimum absolute atomic E-state index is 0.229. The molecule has 0 spiro atoms. The van der Waals surface area contributed by atoms with Gasteiger partial charge in [-0.05, 0) is 26.3 Å². The Morgan fingerprint density at radius 3 is 2.28 bits per heavy atom. The second kappa shape index (κ2) is 5.11. The second-order valence-electron chi connectivity index (χ2n) is 5.53. The smallest absolute Gasteiger partial charge is 0.232 e. The van der Waals surface area contributed by atoms with Crippen LogP contribution in [-0.4, -0.2) is 37.0 Å². The van der Waals surface area contributed by atoms with Crippen molar-refractivity contribution >= 4 is 5.91 Å². The first-order chi connectivity index (χ1) is 8.51. The summed E-state index contributed by atoms with van der Waals surface area (Å²) in [6.07, 6.45) is 0. The van der Waals surface area contributed by atoms with Crippen molar-refractivity contribution in [2.45, 2.75) is 26.2 Å². The Morgan fingerprint density at radius 1 is 1.17 bits per heavy atom. The molecule has 1 N–H and O–H groups in total. The predicted molar refractivity (Wildman–Crippen MR) is 73.7 cm³/mol. The number of amides is 1. The largest absolute Gasteiger partial charge is 0.339 e. The minimum atomic E-state index is -0.439. The van der Waals surface area contributed by atoms with E-state index in [9.17, 15) is 4.79 Å². The number of nitrogens with zero attached hydrogens (tertiary/aromatic N) is 1. The Bertz CT molecular complexity index is 417. The van der Waals surface area contributed by atoms with Crippen LogP contribution in [0.4, 0.5) is 0 Å². The van der Waals surface area contributed by atoms with Crippen LogP contribution in [0.5, 0.6) is 0 Å². The van der Waals surface area contributed by atoms with Crippen LogP contribution < -0.4 is 5.32 Å². The van der Waals surface area contributed by atoms with Gasteiger partial charge in [-0.25, -0.2) is 0 Å². The summed E-state index contributed by atoms with van der Waals surface area (Å²) in [6, 6.07) is 8.27. The Kier molecular flexibility index (Phi) is 3.71. The van der Waals surface area contributed by atoms with Crippen LogP contribution in [0.25, 0.3) is 0 Å². The summed E-state index contributed by atoms with van der Waals surface area (Å²) in [5.74, 6) is 0.229. The number of nitrogens with one attached hydrogen (secondary N) is 1. The number of aryl methyl sites for hydroxylation is 1. The highest BCUT2D eigenvalue weighted by Gasteiger charge is 2.33. The molecule has 1 saturated heterocycles.